The van der Waals surface area contributed by atoms with Gasteiger partial charge in [-0.3, -0.25) is 13.9 Å². The van der Waals surface area contributed by atoms with Crippen LogP contribution in [0.1, 0.15) is 38.8 Å². The van der Waals surface area contributed by atoms with E-state index in [1.807, 2.05) is 58.0 Å². The molecule has 1 atom stereocenters. The van der Waals surface area contributed by atoms with Gasteiger partial charge >= 0.3 is 0 Å². The van der Waals surface area contributed by atoms with Crippen LogP contribution in [-0.2, 0) is 32.6 Å². The Kier molecular flexibility index (Phi) is 11.7. The molecule has 0 saturated carbocycles. The molecule has 8 nitrogen and oxygen atoms in total. The van der Waals surface area contributed by atoms with Gasteiger partial charge < -0.3 is 15.0 Å². The Balaban J connectivity index is 1.82. The molecule has 0 radical (unpaired) electrons. The minimum atomic E-state index is -4.33. The molecule has 47 heavy (non-hydrogen) atoms. The average molecular weight is 680 g/mol. The molecule has 11 heteroatoms. The summed E-state index contributed by atoms with van der Waals surface area (Å²) >= 11 is 6.05. The Morgan fingerprint density at radius 1 is 0.894 bits per heavy atom. The number of nitrogens with one attached hydrogen (secondary N) is 1. The van der Waals surface area contributed by atoms with Crippen molar-refractivity contribution in [1.82, 2.24) is 10.2 Å². The van der Waals surface area contributed by atoms with Crippen molar-refractivity contribution in [1.29, 1.82) is 0 Å². The number of nitrogens with zero attached hydrogens (tertiary/aromatic N) is 2. The van der Waals surface area contributed by atoms with E-state index in [0.29, 0.717) is 17.4 Å². The number of benzene rings is 4. The van der Waals surface area contributed by atoms with E-state index >= 15 is 4.39 Å². The summed E-state index contributed by atoms with van der Waals surface area (Å²) < 4.78 is 49.9. The molecule has 0 spiro atoms. The molecule has 2 amide bonds. The Labute approximate surface area is 281 Å². The maximum Gasteiger partial charge on any atom is 0.264 e. The van der Waals surface area contributed by atoms with E-state index in [4.69, 9.17) is 16.3 Å². The Morgan fingerprint density at radius 3 is 2.11 bits per heavy atom. The number of amides is 2. The lowest BCUT2D eigenvalue weighted by atomic mass is 10.0. The zero-order valence-corrected chi connectivity index (χ0v) is 28.4. The number of halogens is 2. The second kappa shape index (κ2) is 15.5. The monoisotopic (exact) mass is 679 g/mol. The van der Waals surface area contributed by atoms with Gasteiger partial charge in [0, 0.05) is 29.1 Å². The van der Waals surface area contributed by atoms with Crippen molar-refractivity contribution in [3.63, 3.8) is 0 Å². The lowest BCUT2D eigenvalue weighted by Crippen LogP contribution is -2.56. The fourth-order valence-electron chi connectivity index (χ4n) is 4.95. The van der Waals surface area contributed by atoms with Gasteiger partial charge in [-0.15, -0.1) is 0 Å². The largest absolute Gasteiger partial charge is 0.494 e. The van der Waals surface area contributed by atoms with E-state index in [0.717, 1.165) is 9.87 Å². The van der Waals surface area contributed by atoms with Crippen molar-refractivity contribution < 1.29 is 27.1 Å². The first-order valence-electron chi connectivity index (χ1n) is 15.2. The summed E-state index contributed by atoms with van der Waals surface area (Å²) in [5.41, 5.74) is 0.493. The topological polar surface area (TPSA) is 96.0 Å². The predicted octanol–water partition coefficient (Wildman–Crippen LogP) is 6.63. The Bertz CT molecular complexity index is 1760. The van der Waals surface area contributed by atoms with Crippen LogP contribution in [0, 0.1) is 5.82 Å². The van der Waals surface area contributed by atoms with Crippen molar-refractivity contribution in [2.45, 2.75) is 57.1 Å². The molecule has 248 valence electrons. The molecule has 4 aromatic rings. The number of rotatable bonds is 13. The van der Waals surface area contributed by atoms with Gasteiger partial charge in [0.1, 0.15) is 24.2 Å². The van der Waals surface area contributed by atoms with Crippen LogP contribution in [0.25, 0.3) is 0 Å². The first-order valence-corrected chi connectivity index (χ1v) is 17.0. The van der Waals surface area contributed by atoms with Gasteiger partial charge in [-0.1, -0.05) is 60.1 Å². The van der Waals surface area contributed by atoms with Gasteiger partial charge in [-0.05, 0) is 87.9 Å². The number of anilines is 1. The van der Waals surface area contributed by atoms with Crippen molar-refractivity contribution >= 4 is 39.1 Å². The van der Waals surface area contributed by atoms with E-state index in [1.165, 1.54) is 47.4 Å². The molecule has 0 aliphatic heterocycles. The molecule has 0 aliphatic rings. The fraction of sp³-hybridized carbons (Fsp3) is 0.278. The number of hydrogen-bond acceptors (Lipinski definition) is 5. The number of carbonyl (C=O) groups is 2. The third-order valence-corrected chi connectivity index (χ3v) is 9.22. The third-order valence-electron chi connectivity index (χ3n) is 7.18. The first kappa shape index (κ1) is 35.4. The summed E-state index contributed by atoms with van der Waals surface area (Å²) in [6.07, 6.45) is 0.107. The molecular formula is C36H39ClFN3O5S. The average Bonchev–Trinajstić information content (AvgIpc) is 3.02. The van der Waals surface area contributed by atoms with Gasteiger partial charge in [0.15, 0.2) is 0 Å². The first-order chi connectivity index (χ1) is 22.3. The fourth-order valence-corrected chi connectivity index (χ4v) is 6.49. The van der Waals surface area contributed by atoms with Gasteiger partial charge in [0.25, 0.3) is 10.0 Å². The molecule has 0 bridgehead atoms. The number of ether oxygens (including phenoxy) is 1. The summed E-state index contributed by atoms with van der Waals surface area (Å²) in [5.74, 6) is -1.20. The van der Waals surface area contributed by atoms with E-state index in [2.05, 4.69) is 5.32 Å². The van der Waals surface area contributed by atoms with Crippen molar-refractivity contribution in [2.75, 3.05) is 17.5 Å². The third kappa shape index (κ3) is 9.56. The molecule has 0 heterocycles. The molecule has 4 aromatic carbocycles. The van der Waals surface area contributed by atoms with Crippen LogP contribution < -0.4 is 14.4 Å². The van der Waals surface area contributed by atoms with E-state index in [9.17, 15) is 18.0 Å². The smallest absolute Gasteiger partial charge is 0.264 e. The molecule has 1 N–H and O–H groups in total. The highest BCUT2D eigenvalue weighted by Crippen LogP contribution is 2.28. The van der Waals surface area contributed by atoms with Gasteiger partial charge in [-0.2, -0.15) is 0 Å². The molecule has 0 unspecified atom stereocenters. The highest BCUT2D eigenvalue weighted by atomic mass is 35.5. The van der Waals surface area contributed by atoms with Crippen LogP contribution in [0.3, 0.4) is 0 Å². The summed E-state index contributed by atoms with van der Waals surface area (Å²) in [5, 5.41) is 3.30. The minimum absolute atomic E-state index is 0.0875. The lowest BCUT2D eigenvalue weighted by Gasteiger charge is -2.35. The second-order valence-corrected chi connectivity index (χ2v) is 14.2. The van der Waals surface area contributed by atoms with E-state index < -0.39 is 45.8 Å². The predicted molar refractivity (Wildman–Crippen MR) is 182 cm³/mol. The zero-order valence-electron chi connectivity index (χ0n) is 26.8. The SMILES string of the molecule is CCOc1ccc(N(CC(=O)N(Cc2ccccc2F)[C@@H](Cc2ccccc2)C(=O)NC(C)(C)C)S(=O)(=O)c2ccc(Cl)cc2)cc1. The molecular weight excluding hydrogens is 641 g/mol. The molecule has 0 saturated heterocycles. The number of hydrogen-bond donors (Lipinski definition) is 1. The summed E-state index contributed by atoms with van der Waals surface area (Å²) in [7, 11) is -4.33. The van der Waals surface area contributed by atoms with Gasteiger partial charge in [-0.25, -0.2) is 12.8 Å². The number of sulfonamides is 1. The maximum absolute atomic E-state index is 15.1. The second-order valence-electron chi connectivity index (χ2n) is 12.0. The van der Waals surface area contributed by atoms with Crippen LogP contribution in [0.5, 0.6) is 5.75 Å². The molecule has 0 fully saturated rings. The van der Waals surface area contributed by atoms with Crippen LogP contribution in [0.4, 0.5) is 10.1 Å². The molecule has 4 rings (SSSR count). The normalized spacial score (nSPS) is 12.2. The van der Waals surface area contributed by atoms with Gasteiger partial charge in [0.05, 0.1) is 17.2 Å². The van der Waals surface area contributed by atoms with E-state index in [-0.39, 0.29) is 29.1 Å². The number of carbonyl (C=O) groups excluding carboxylic acids is 2. The Hall–Kier alpha value is -4.41. The Morgan fingerprint density at radius 2 is 1.51 bits per heavy atom. The standard InChI is InChI=1S/C36H39ClFN3O5S/c1-5-46-30-19-17-29(18-20-30)41(47(44,45)31-21-15-28(37)16-22-31)25-34(42)40(24-27-13-9-10-14-32(27)38)33(35(43)39-36(2,3)4)23-26-11-7-6-8-12-26/h6-22,33H,5,23-25H2,1-4H3,(H,39,43)/t33-/m0/s1. The lowest BCUT2D eigenvalue weighted by molar-refractivity contribution is -0.140. The van der Waals surface area contributed by atoms with Crippen LogP contribution in [0.15, 0.2) is 108 Å². The molecule has 0 aromatic heterocycles. The minimum Gasteiger partial charge on any atom is -0.494 e. The van der Waals surface area contributed by atoms with Crippen LogP contribution >= 0.6 is 11.6 Å². The summed E-state index contributed by atoms with van der Waals surface area (Å²) in [6, 6.07) is 25.9. The summed E-state index contributed by atoms with van der Waals surface area (Å²) in [4.78, 5) is 29.6. The highest BCUT2D eigenvalue weighted by molar-refractivity contribution is 7.92. The quantitative estimate of drug-likeness (QED) is 0.171. The van der Waals surface area contributed by atoms with E-state index in [1.54, 1.807) is 30.3 Å². The highest BCUT2D eigenvalue weighted by Gasteiger charge is 2.36. The van der Waals surface area contributed by atoms with Crippen molar-refractivity contribution in [2.24, 2.45) is 0 Å². The maximum atomic E-state index is 15.1. The molecule has 0 aliphatic carbocycles. The van der Waals surface area contributed by atoms with Crippen molar-refractivity contribution in [3.05, 3.63) is 125 Å². The van der Waals surface area contributed by atoms with Crippen molar-refractivity contribution in [3.8, 4) is 5.75 Å². The zero-order chi connectivity index (χ0) is 34.2. The van der Waals surface area contributed by atoms with Crippen LogP contribution in [0.2, 0.25) is 5.02 Å². The van der Waals surface area contributed by atoms with Gasteiger partial charge in [0.2, 0.25) is 11.8 Å². The van der Waals surface area contributed by atoms with Crippen LogP contribution in [-0.4, -0.2) is 49.9 Å². The summed E-state index contributed by atoms with van der Waals surface area (Å²) in [6.45, 7) is 6.74.